The Balaban J connectivity index is 1.44. The van der Waals surface area contributed by atoms with Crippen LogP contribution >= 0.6 is 0 Å². The number of phenolic OH excluding ortho intramolecular Hbond substituents is 1. The molecule has 208 valence electrons. The number of aromatic hydroxyl groups is 1. The summed E-state index contributed by atoms with van der Waals surface area (Å²) >= 11 is 0. The van der Waals surface area contributed by atoms with Crippen LogP contribution < -0.4 is 4.74 Å². The van der Waals surface area contributed by atoms with Gasteiger partial charge in [0.2, 0.25) is 6.29 Å². The fraction of sp³-hybridized carbons (Fsp3) is 0.480. The molecule has 0 aromatic heterocycles. The minimum absolute atomic E-state index is 0.0825. The molecule has 2 saturated heterocycles. The van der Waals surface area contributed by atoms with E-state index in [0.29, 0.717) is 5.56 Å². The molecule has 13 heteroatoms. The second-order valence-electron chi connectivity index (χ2n) is 9.06. The minimum atomic E-state index is -1.93. The van der Waals surface area contributed by atoms with E-state index in [9.17, 15) is 40.5 Å². The summed E-state index contributed by atoms with van der Waals surface area (Å²) in [5.41, 5.74) is -1.57. The van der Waals surface area contributed by atoms with Crippen molar-refractivity contribution < 1.29 is 64.2 Å². The first-order valence-electron chi connectivity index (χ1n) is 11.8. The number of carbonyl (C=O) groups excluding carboxylic acids is 1. The van der Waals surface area contributed by atoms with Crippen molar-refractivity contribution in [2.75, 3.05) is 19.8 Å². The van der Waals surface area contributed by atoms with Crippen LogP contribution in [0.5, 0.6) is 11.5 Å². The molecule has 2 aliphatic heterocycles. The summed E-state index contributed by atoms with van der Waals surface area (Å²) in [6, 6.07) is 12.8. The number of aliphatic hydroxyl groups is 6. The van der Waals surface area contributed by atoms with Crippen molar-refractivity contribution in [3.63, 3.8) is 0 Å². The van der Waals surface area contributed by atoms with Gasteiger partial charge in [-0.25, -0.2) is 4.79 Å². The molecule has 4 rings (SSSR count). The molecule has 0 unspecified atom stereocenters. The molecule has 0 saturated carbocycles. The van der Waals surface area contributed by atoms with E-state index >= 15 is 0 Å². The van der Waals surface area contributed by atoms with Crippen molar-refractivity contribution in [1.29, 1.82) is 0 Å². The molecular formula is C25H30O13. The normalized spacial score (nSPS) is 33.2. The molecule has 13 nitrogen and oxygen atoms in total. The minimum Gasteiger partial charge on any atom is -0.507 e. The highest BCUT2D eigenvalue weighted by Crippen LogP contribution is 2.33. The SMILES string of the molecule is O=C(OCc1ccccc1)c1c(O)cccc1O[C@@H]1O[C@H](CO[C@@H]2OC[C@](O)(CO)[C@H]2O)[C@@H](O)[C@H](O)[C@H]1O. The number of carbonyl (C=O) groups is 1. The van der Waals surface area contributed by atoms with Gasteiger partial charge in [-0.3, -0.25) is 0 Å². The van der Waals surface area contributed by atoms with Gasteiger partial charge in [0, 0.05) is 0 Å². The smallest absolute Gasteiger partial charge is 0.346 e. The number of hydrogen-bond acceptors (Lipinski definition) is 13. The predicted octanol–water partition coefficient (Wildman–Crippen LogP) is -1.61. The van der Waals surface area contributed by atoms with Crippen LogP contribution in [0.1, 0.15) is 15.9 Å². The van der Waals surface area contributed by atoms with Crippen LogP contribution in [0, 0.1) is 0 Å². The van der Waals surface area contributed by atoms with Crippen molar-refractivity contribution in [1.82, 2.24) is 0 Å². The molecule has 2 aromatic rings. The average Bonchev–Trinajstić information content (AvgIpc) is 3.21. The molecule has 0 spiro atoms. The van der Waals surface area contributed by atoms with Gasteiger partial charge in [0.1, 0.15) is 59.8 Å². The third-order valence-corrected chi connectivity index (χ3v) is 6.34. The van der Waals surface area contributed by atoms with Gasteiger partial charge in [-0.1, -0.05) is 36.4 Å². The Bertz CT molecular complexity index is 1080. The third-order valence-electron chi connectivity index (χ3n) is 6.34. The maximum absolute atomic E-state index is 12.8. The second kappa shape index (κ2) is 11.9. The Hall–Kier alpha value is -2.85. The highest BCUT2D eigenvalue weighted by atomic mass is 16.7. The van der Waals surface area contributed by atoms with E-state index < -0.39 is 80.2 Å². The zero-order valence-corrected chi connectivity index (χ0v) is 20.1. The van der Waals surface area contributed by atoms with Gasteiger partial charge in [-0.05, 0) is 17.7 Å². The van der Waals surface area contributed by atoms with E-state index in [1.54, 1.807) is 30.3 Å². The second-order valence-corrected chi connectivity index (χ2v) is 9.06. The summed E-state index contributed by atoms with van der Waals surface area (Å²) in [5, 5.41) is 71.0. The summed E-state index contributed by atoms with van der Waals surface area (Å²) in [4.78, 5) is 12.8. The summed E-state index contributed by atoms with van der Waals surface area (Å²) in [7, 11) is 0. The van der Waals surface area contributed by atoms with Crippen molar-refractivity contribution in [2.24, 2.45) is 0 Å². The van der Waals surface area contributed by atoms with E-state index in [2.05, 4.69) is 0 Å². The van der Waals surface area contributed by atoms with Crippen LogP contribution in [0.15, 0.2) is 48.5 Å². The molecule has 2 heterocycles. The summed E-state index contributed by atoms with van der Waals surface area (Å²) in [5.74, 6) is -1.61. The molecule has 0 radical (unpaired) electrons. The molecule has 38 heavy (non-hydrogen) atoms. The molecular weight excluding hydrogens is 508 g/mol. The number of ether oxygens (including phenoxy) is 5. The lowest BCUT2D eigenvalue weighted by Gasteiger charge is -2.40. The quantitative estimate of drug-likeness (QED) is 0.180. The fourth-order valence-electron chi connectivity index (χ4n) is 4.02. The highest BCUT2D eigenvalue weighted by Gasteiger charge is 2.50. The number of phenols is 1. The highest BCUT2D eigenvalue weighted by molar-refractivity contribution is 5.95. The molecule has 2 aromatic carbocycles. The van der Waals surface area contributed by atoms with Crippen molar-refractivity contribution >= 4 is 5.97 Å². The molecule has 8 atom stereocenters. The van der Waals surface area contributed by atoms with Crippen LogP contribution in [0.4, 0.5) is 0 Å². The van der Waals surface area contributed by atoms with E-state index in [1.165, 1.54) is 18.2 Å². The van der Waals surface area contributed by atoms with Gasteiger partial charge in [0.15, 0.2) is 6.29 Å². The number of benzene rings is 2. The zero-order valence-electron chi connectivity index (χ0n) is 20.1. The van der Waals surface area contributed by atoms with Gasteiger partial charge in [-0.2, -0.15) is 0 Å². The van der Waals surface area contributed by atoms with Crippen LogP contribution in [0.3, 0.4) is 0 Å². The Kier molecular flexibility index (Phi) is 8.82. The predicted molar refractivity (Wildman–Crippen MR) is 125 cm³/mol. The maximum atomic E-state index is 12.8. The number of esters is 1. The van der Waals surface area contributed by atoms with E-state index in [-0.39, 0.29) is 17.9 Å². The standard InChI is InChI=1S/C25H30O13/c26-11-25(33)12-36-24(21(25)31)35-10-16-18(28)19(29)20(30)23(38-16)37-15-8-4-7-14(27)17(15)22(32)34-9-13-5-2-1-3-6-13/h1-8,16,18-21,23-24,26-31,33H,9-12H2/t16-,18-,19+,20-,21+,23-,24-,25-/m1/s1. The summed E-state index contributed by atoms with van der Waals surface area (Å²) in [6.45, 7) is -1.75. The first-order chi connectivity index (χ1) is 18.1. The van der Waals surface area contributed by atoms with Crippen LogP contribution in [0.2, 0.25) is 0 Å². The van der Waals surface area contributed by atoms with Gasteiger partial charge >= 0.3 is 5.97 Å². The number of hydrogen-bond donors (Lipinski definition) is 7. The largest absolute Gasteiger partial charge is 0.507 e. The Morgan fingerprint density at radius 1 is 0.974 bits per heavy atom. The third kappa shape index (κ3) is 5.91. The average molecular weight is 539 g/mol. The lowest BCUT2D eigenvalue weighted by atomic mass is 9.99. The summed E-state index contributed by atoms with van der Waals surface area (Å²) in [6.07, 6.45) is -11.1. The molecule has 0 amide bonds. The summed E-state index contributed by atoms with van der Waals surface area (Å²) < 4.78 is 27.0. The fourth-order valence-corrected chi connectivity index (χ4v) is 4.02. The molecule has 7 N–H and O–H groups in total. The van der Waals surface area contributed by atoms with Gasteiger partial charge < -0.3 is 59.4 Å². The Morgan fingerprint density at radius 2 is 1.71 bits per heavy atom. The van der Waals surface area contributed by atoms with Gasteiger partial charge in [-0.15, -0.1) is 0 Å². The van der Waals surface area contributed by atoms with Gasteiger partial charge in [0.25, 0.3) is 0 Å². The van der Waals surface area contributed by atoms with E-state index in [0.717, 1.165) is 0 Å². The lowest BCUT2D eigenvalue weighted by molar-refractivity contribution is -0.289. The maximum Gasteiger partial charge on any atom is 0.346 e. The van der Waals surface area contributed by atoms with Crippen LogP contribution in [-0.2, 0) is 25.6 Å². The molecule has 2 fully saturated rings. The van der Waals surface area contributed by atoms with E-state index in [1.807, 2.05) is 0 Å². The van der Waals surface area contributed by atoms with Crippen molar-refractivity contribution in [2.45, 2.75) is 55.3 Å². The first-order valence-corrected chi connectivity index (χ1v) is 11.8. The van der Waals surface area contributed by atoms with Crippen LogP contribution in [0.25, 0.3) is 0 Å². The topological polar surface area (TPSA) is 205 Å². The molecule has 2 aliphatic rings. The first kappa shape index (κ1) is 28.2. The van der Waals surface area contributed by atoms with E-state index in [4.69, 9.17) is 23.7 Å². The Morgan fingerprint density at radius 3 is 2.39 bits per heavy atom. The van der Waals surface area contributed by atoms with Gasteiger partial charge in [0.05, 0.1) is 19.8 Å². The monoisotopic (exact) mass is 538 g/mol. The Labute approximate surface area is 217 Å². The van der Waals surface area contributed by atoms with Crippen molar-refractivity contribution in [3.05, 3.63) is 59.7 Å². The molecule has 0 aliphatic carbocycles. The molecule has 0 bridgehead atoms. The van der Waals surface area contributed by atoms with Crippen molar-refractivity contribution in [3.8, 4) is 11.5 Å². The number of rotatable bonds is 9. The number of aliphatic hydroxyl groups excluding tert-OH is 5. The lowest BCUT2D eigenvalue weighted by Crippen LogP contribution is -2.60. The zero-order chi connectivity index (χ0) is 27.4. The van der Waals surface area contributed by atoms with Crippen LogP contribution in [-0.4, -0.2) is 110 Å².